The fourth-order valence-electron chi connectivity index (χ4n) is 0.0289. The molecule has 0 fully saturated rings. The molecule has 0 aromatic heterocycles. The van der Waals surface area contributed by atoms with Gasteiger partial charge in [0.1, 0.15) is 0 Å². The van der Waals surface area contributed by atoms with Crippen molar-refractivity contribution in [3.05, 3.63) is 0 Å². The molecule has 0 heterocycles. The standard InChI is InChI=1S/2CH6N4O/c2-1(4-3)5-6;2-1(3)5(4)6/h6H,3H2,(H3,2,4,5);6H,4H2,(H3,2,3). The van der Waals surface area contributed by atoms with Crippen molar-refractivity contribution in [1.29, 1.82) is 5.41 Å². The maximum Gasteiger partial charge on any atom is 0.234 e. The minimum atomic E-state index is -0.574. The smallest absolute Gasteiger partial charge is 0.234 e. The zero-order valence-electron chi connectivity index (χ0n) is 6.10. The highest BCUT2D eigenvalue weighted by Gasteiger charge is 1.86. The molecule has 10 nitrogen and oxygen atoms in total. The summed E-state index contributed by atoms with van der Waals surface area (Å²) in [5.41, 5.74) is 10.8. The fraction of sp³-hybridized carbons (Fsp3) is 0. The summed E-state index contributed by atoms with van der Waals surface area (Å²) in [7, 11) is 0. The average Bonchev–Trinajstić information content (AvgIpc) is 2.04. The van der Waals surface area contributed by atoms with Crippen LogP contribution >= 0.6 is 0 Å². The molecule has 0 aromatic rings. The van der Waals surface area contributed by atoms with Crippen LogP contribution < -0.4 is 28.6 Å². The van der Waals surface area contributed by atoms with Crippen LogP contribution in [-0.4, -0.2) is 27.5 Å². The monoisotopic (exact) mass is 180 g/mol. The van der Waals surface area contributed by atoms with Gasteiger partial charge in [0, 0.05) is 0 Å². The zero-order chi connectivity index (χ0) is 10.1. The Morgan fingerprint density at radius 2 is 1.83 bits per heavy atom. The normalized spacial score (nSPS) is 9.42. The molecule has 0 radical (unpaired) electrons. The number of nitrogens with zero attached hydrogens (tertiary/aromatic N) is 2. The highest BCUT2D eigenvalue weighted by molar-refractivity contribution is 5.75. The van der Waals surface area contributed by atoms with E-state index in [0.717, 1.165) is 0 Å². The average molecular weight is 180 g/mol. The molecule has 0 bridgehead atoms. The molecule has 0 spiro atoms. The Labute approximate surface area is 67.8 Å². The van der Waals surface area contributed by atoms with Crippen molar-refractivity contribution in [1.82, 2.24) is 10.7 Å². The number of hydrogen-bond donors (Lipinski definition) is 8. The van der Waals surface area contributed by atoms with E-state index in [0.29, 0.717) is 0 Å². The van der Waals surface area contributed by atoms with E-state index in [1.165, 1.54) is 5.48 Å². The number of rotatable bonds is 0. The van der Waals surface area contributed by atoms with E-state index >= 15 is 0 Å². The van der Waals surface area contributed by atoms with E-state index in [1.807, 2.05) is 0 Å². The molecular formula is C2H12N8O2. The summed E-state index contributed by atoms with van der Waals surface area (Å²) in [5.74, 6) is 8.22. The largest absolute Gasteiger partial charge is 0.367 e. The summed E-state index contributed by atoms with van der Waals surface area (Å²) in [6.45, 7) is 0. The Bertz CT molecular complexity index is 153. The third-order valence-corrected chi connectivity index (χ3v) is 0.500. The molecule has 0 aromatic carbocycles. The first-order valence-corrected chi connectivity index (χ1v) is 2.46. The summed E-state index contributed by atoms with van der Waals surface area (Å²) < 4.78 is 0. The van der Waals surface area contributed by atoms with Crippen molar-refractivity contribution in [3.63, 3.8) is 0 Å². The summed E-state index contributed by atoms with van der Waals surface area (Å²) in [6.07, 6.45) is 0. The van der Waals surface area contributed by atoms with Crippen molar-refractivity contribution < 1.29 is 10.4 Å². The Balaban J connectivity index is 0. The minimum Gasteiger partial charge on any atom is -0.367 e. The van der Waals surface area contributed by atoms with Crippen LogP contribution in [0.15, 0.2) is 5.10 Å². The second-order valence-electron chi connectivity index (χ2n) is 1.36. The molecule has 10 heteroatoms. The fourth-order valence-corrected chi connectivity index (χ4v) is 0.0289. The highest BCUT2D eigenvalue weighted by Crippen LogP contribution is 1.54. The van der Waals surface area contributed by atoms with E-state index < -0.39 is 5.96 Å². The van der Waals surface area contributed by atoms with Crippen molar-refractivity contribution in [3.8, 4) is 0 Å². The number of nitrogens with two attached hydrogens (primary N) is 4. The lowest BCUT2D eigenvalue weighted by molar-refractivity contribution is -0.0181. The van der Waals surface area contributed by atoms with Crippen LogP contribution in [0.1, 0.15) is 0 Å². The van der Waals surface area contributed by atoms with E-state index in [1.54, 1.807) is 0 Å². The number of hydrazone groups is 1. The molecule has 12 heavy (non-hydrogen) atoms. The van der Waals surface area contributed by atoms with Crippen LogP contribution in [0, 0.1) is 5.41 Å². The van der Waals surface area contributed by atoms with E-state index in [2.05, 4.69) is 22.5 Å². The lowest BCUT2D eigenvalue weighted by Crippen LogP contribution is -2.38. The maximum atomic E-state index is 7.89. The number of hydrazine groups is 1. The van der Waals surface area contributed by atoms with Crippen LogP contribution in [0.2, 0.25) is 0 Å². The van der Waals surface area contributed by atoms with Crippen LogP contribution in [0.4, 0.5) is 0 Å². The van der Waals surface area contributed by atoms with Crippen molar-refractivity contribution in [2.24, 2.45) is 28.3 Å². The first-order chi connectivity index (χ1) is 5.45. The minimum absolute atomic E-state index is 0.0278. The van der Waals surface area contributed by atoms with Gasteiger partial charge in [-0.05, 0) is 0 Å². The van der Waals surface area contributed by atoms with Gasteiger partial charge in [-0.3, -0.25) is 15.8 Å². The van der Waals surface area contributed by atoms with Gasteiger partial charge in [0.15, 0.2) is 0 Å². The molecule has 0 aliphatic rings. The van der Waals surface area contributed by atoms with Crippen LogP contribution in [0.5, 0.6) is 0 Å². The van der Waals surface area contributed by atoms with Gasteiger partial charge < -0.3 is 17.3 Å². The Kier molecular flexibility index (Phi) is 7.85. The highest BCUT2D eigenvalue weighted by atomic mass is 16.5. The van der Waals surface area contributed by atoms with Gasteiger partial charge in [-0.1, -0.05) is 0 Å². The Morgan fingerprint density at radius 1 is 1.50 bits per heavy atom. The quantitative estimate of drug-likeness (QED) is 0.0816. The summed E-state index contributed by atoms with van der Waals surface area (Å²) in [5, 5.41) is 24.8. The molecule has 0 saturated heterocycles. The molecule has 12 N–H and O–H groups in total. The topological polar surface area (TPSA) is 196 Å². The van der Waals surface area contributed by atoms with Crippen LogP contribution in [0.25, 0.3) is 0 Å². The van der Waals surface area contributed by atoms with Gasteiger partial charge in [-0.2, -0.15) is 5.17 Å². The molecular weight excluding hydrogens is 168 g/mol. The molecule has 0 amide bonds. The number of hydroxylamine groups is 2. The van der Waals surface area contributed by atoms with Gasteiger partial charge >= 0.3 is 0 Å². The molecule has 0 rings (SSSR count). The first kappa shape index (κ1) is 12.9. The van der Waals surface area contributed by atoms with Gasteiger partial charge in [-0.15, -0.1) is 5.10 Å². The number of hydrogen-bond acceptors (Lipinski definition) is 6. The summed E-state index contributed by atoms with van der Waals surface area (Å²) in [6, 6.07) is 0. The molecule has 0 aliphatic heterocycles. The van der Waals surface area contributed by atoms with E-state index in [-0.39, 0.29) is 11.1 Å². The second-order valence-corrected chi connectivity index (χ2v) is 1.36. The summed E-state index contributed by atoms with van der Waals surface area (Å²) >= 11 is 0. The second kappa shape index (κ2) is 7.33. The Hall–Kier alpha value is -1.78. The van der Waals surface area contributed by atoms with Crippen molar-refractivity contribution in [2.45, 2.75) is 0 Å². The van der Waals surface area contributed by atoms with Crippen LogP contribution in [0.3, 0.4) is 0 Å². The third kappa shape index (κ3) is 11.1. The molecule has 0 atom stereocenters. The lowest BCUT2D eigenvalue weighted by atomic mass is 11.1. The predicted molar refractivity (Wildman–Crippen MR) is 40.5 cm³/mol. The van der Waals surface area contributed by atoms with Gasteiger partial charge in [-0.25, -0.2) is 11.3 Å². The molecule has 72 valence electrons. The van der Waals surface area contributed by atoms with E-state index in [4.69, 9.17) is 21.6 Å². The Morgan fingerprint density at radius 3 is 1.83 bits per heavy atom. The predicted octanol–water partition coefficient (Wildman–Crippen LogP) is -3.40. The van der Waals surface area contributed by atoms with Gasteiger partial charge in [0.05, 0.1) is 0 Å². The molecule has 0 unspecified atom stereocenters. The number of guanidine groups is 2. The third-order valence-electron chi connectivity index (χ3n) is 0.500. The van der Waals surface area contributed by atoms with E-state index in [9.17, 15) is 0 Å². The van der Waals surface area contributed by atoms with Gasteiger partial charge in [0.2, 0.25) is 11.9 Å². The van der Waals surface area contributed by atoms with Crippen molar-refractivity contribution in [2.75, 3.05) is 0 Å². The van der Waals surface area contributed by atoms with Gasteiger partial charge in [0.25, 0.3) is 0 Å². The number of nitrogens with one attached hydrogen (secondary N) is 2. The molecule has 0 aliphatic carbocycles. The molecule has 0 saturated carbocycles. The first-order valence-electron chi connectivity index (χ1n) is 2.46. The summed E-state index contributed by atoms with van der Waals surface area (Å²) in [4.78, 5) is 0. The zero-order valence-corrected chi connectivity index (χ0v) is 6.10. The SMILES string of the molecule is N/N=C(\N)NO.N=C(N)N(N)O. The lowest BCUT2D eigenvalue weighted by Gasteiger charge is -2.02. The maximum absolute atomic E-state index is 7.89. The van der Waals surface area contributed by atoms with Crippen LogP contribution in [-0.2, 0) is 0 Å². The van der Waals surface area contributed by atoms with Crippen molar-refractivity contribution >= 4 is 11.9 Å².